The molecule has 1 fully saturated rings. The molecule has 1 aliphatic carbocycles. The number of rotatable bonds is 8. The van der Waals surface area contributed by atoms with E-state index in [4.69, 9.17) is 4.74 Å². The Hall–Kier alpha value is -0.900. The highest BCUT2D eigenvalue weighted by molar-refractivity contribution is 5.34. The van der Waals surface area contributed by atoms with Gasteiger partial charge in [0.1, 0.15) is 0 Å². The molecule has 0 spiro atoms. The summed E-state index contributed by atoms with van der Waals surface area (Å²) in [6.45, 7) is 5.95. The van der Waals surface area contributed by atoms with Crippen molar-refractivity contribution in [1.82, 2.24) is 10.6 Å². The first-order valence-electron chi connectivity index (χ1n) is 7.52. The minimum Gasteiger partial charge on any atom is -0.381 e. The molecule has 1 aliphatic heterocycles. The van der Waals surface area contributed by atoms with Crippen molar-refractivity contribution in [1.29, 1.82) is 0 Å². The summed E-state index contributed by atoms with van der Waals surface area (Å²) in [6, 6.07) is 6.82. The third-order valence-corrected chi connectivity index (χ3v) is 3.92. The molecule has 1 saturated carbocycles. The summed E-state index contributed by atoms with van der Waals surface area (Å²) in [5, 5.41) is 6.88. The van der Waals surface area contributed by atoms with Gasteiger partial charge in [0.25, 0.3) is 0 Å². The van der Waals surface area contributed by atoms with Gasteiger partial charge in [-0.1, -0.05) is 18.2 Å². The van der Waals surface area contributed by atoms with Crippen molar-refractivity contribution in [2.75, 3.05) is 19.8 Å². The fourth-order valence-corrected chi connectivity index (χ4v) is 2.52. The maximum absolute atomic E-state index is 5.62. The Morgan fingerprint density at radius 1 is 1.21 bits per heavy atom. The van der Waals surface area contributed by atoms with Gasteiger partial charge >= 0.3 is 0 Å². The summed E-state index contributed by atoms with van der Waals surface area (Å²) < 4.78 is 5.62. The zero-order valence-corrected chi connectivity index (χ0v) is 11.6. The first-order chi connectivity index (χ1) is 9.42. The van der Waals surface area contributed by atoms with E-state index >= 15 is 0 Å². The number of hydrogen-bond donors (Lipinski definition) is 2. The largest absolute Gasteiger partial charge is 0.381 e. The van der Waals surface area contributed by atoms with E-state index in [-0.39, 0.29) is 0 Å². The number of nitrogens with one attached hydrogen (secondary N) is 2. The van der Waals surface area contributed by atoms with Gasteiger partial charge in [-0.25, -0.2) is 0 Å². The SMILES string of the molecule is c1cc2c(cc1CNCCCOCC1CC1)CNC2. The Bertz CT molecular complexity index is 415. The van der Waals surface area contributed by atoms with E-state index in [9.17, 15) is 0 Å². The number of hydrogen-bond acceptors (Lipinski definition) is 3. The molecular weight excluding hydrogens is 236 g/mol. The quantitative estimate of drug-likeness (QED) is 0.703. The molecule has 3 heteroatoms. The zero-order chi connectivity index (χ0) is 12.9. The van der Waals surface area contributed by atoms with Gasteiger partial charge in [-0.05, 0) is 48.4 Å². The Balaban J connectivity index is 1.29. The molecule has 0 amide bonds. The van der Waals surface area contributed by atoms with Gasteiger partial charge in [0.05, 0.1) is 0 Å². The van der Waals surface area contributed by atoms with Gasteiger partial charge in [0, 0.05) is 32.8 Å². The fraction of sp³-hybridized carbons (Fsp3) is 0.625. The normalized spacial score (nSPS) is 17.7. The molecule has 0 unspecified atom stereocenters. The third-order valence-electron chi connectivity index (χ3n) is 3.92. The summed E-state index contributed by atoms with van der Waals surface area (Å²) in [5.41, 5.74) is 4.31. The van der Waals surface area contributed by atoms with Gasteiger partial charge in [-0.15, -0.1) is 0 Å². The van der Waals surface area contributed by atoms with E-state index in [1.807, 2.05) is 0 Å². The van der Waals surface area contributed by atoms with Crippen LogP contribution in [0.1, 0.15) is 36.0 Å². The van der Waals surface area contributed by atoms with Crippen LogP contribution in [0.2, 0.25) is 0 Å². The van der Waals surface area contributed by atoms with Crippen LogP contribution in [0.4, 0.5) is 0 Å². The maximum Gasteiger partial charge on any atom is 0.0494 e. The molecule has 0 aromatic heterocycles. The van der Waals surface area contributed by atoms with Gasteiger partial charge in [0.15, 0.2) is 0 Å². The van der Waals surface area contributed by atoms with Crippen molar-refractivity contribution in [3.05, 3.63) is 34.9 Å². The van der Waals surface area contributed by atoms with Crippen molar-refractivity contribution >= 4 is 0 Å². The average molecular weight is 260 g/mol. The standard InChI is InChI=1S/C16H24N2O/c1(7-19-12-13-2-3-13)6-17-9-14-4-5-15-10-18-11-16(15)8-14/h4-5,8,13,17-18H,1-3,6-7,9-12H2. The molecule has 0 atom stereocenters. The van der Waals surface area contributed by atoms with E-state index in [2.05, 4.69) is 28.8 Å². The molecular formula is C16H24N2O. The fourth-order valence-electron chi connectivity index (χ4n) is 2.52. The average Bonchev–Trinajstić information content (AvgIpc) is 3.13. The Labute approximate surface area is 115 Å². The highest BCUT2D eigenvalue weighted by Gasteiger charge is 2.20. The van der Waals surface area contributed by atoms with Crippen molar-refractivity contribution < 1.29 is 4.74 Å². The van der Waals surface area contributed by atoms with Crippen LogP contribution in [0.5, 0.6) is 0 Å². The molecule has 0 saturated heterocycles. The summed E-state index contributed by atoms with van der Waals surface area (Å²) in [5.74, 6) is 0.882. The number of benzene rings is 1. The molecule has 3 rings (SSSR count). The topological polar surface area (TPSA) is 33.3 Å². The number of ether oxygens (including phenoxy) is 1. The molecule has 3 nitrogen and oxygen atoms in total. The predicted octanol–water partition coefficient (Wildman–Crippen LogP) is 2.20. The van der Waals surface area contributed by atoms with Crippen LogP contribution in [0, 0.1) is 5.92 Å². The summed E-state index contributed by atoms with van der Waals surface area (Å²) in [4.78, 5) is 0. The minimum atomic E-state index is 0.882. The van der Waals surface area contributed by atoms with Crippen LogP contribution in [-0.4, -0.2) is 19.8 Å². The number of fused-ring (bicyclic) bond motifs is 1. The van der Waals surface area contributed by atoms with Gasteiger partial charge in [-0.3, -0.25) is 0 Å². The monoisotopic (exact) mass is 260 g/mol. The second-order valence-electron chi connectivity index (χ2n) is 5.76. The highest BCUT2D eigenvalue weighted by Crippen LogP contribution is 2.28. The first-order valence-corrected chi connectivity index (χ1v) is 7.52. The van der Waals surface area contributed by atoms with Gasteiger partial charge in [0.2, 0.25) is 0 Å². The zero-order valence-electron chi connectivity index (χ0n) is 11.6. The Morgan fingerprint density at radius 2 is 2.11 bits per heavy atom. The van der Waals surface area contributed by atoms with E-state index in [1.165, 1.54) is 29.5 Å². The van der Waals surface area contributed by atoms with Gasteiger partial charge < -0.3 is 15.4 Å². The smallest absolute Gasteiger partial charge is 0.0494 e. The highest BCUT2D eigenvalue weighted by atomic mass is 16.5. The van der Waals surface area contributed by atoms with Crippen molar-refractivity contribution in [3.63, 3.8) is 0 Å². The Kier molecular flexibility index (Phi) is 4.49. The van der Waals surface area contributed by atoms with Crippen LogP contribution in [0.15, 0.2) is 18.2 Å². The summed E-state index contributed by atoms with van der Waals surface area (Å²) >= 11 is 0. The molecule has 0 radical (unpaired) electrons. The second-order valence-corrected chi connectivity index (χ2v) is 5.76. The lowest BCUT2D eigenvalue weighted by atomic mass is 10.1. The van der Waals surface area contributed by atoms with E-state index in [0.29, 0.717) is 0 Å². The van der Waals surface area contributed by atoms with Crippen molar-refractivity contribution in [2.24, 2.45) is 5.92 Å². The van der Waals surface area contributed by atoms with Crippen molar-refractivity contribution in [2.45, 2.75) is 38.9 Å². The predicted molar refractivity (Wildman–Crippen MR) is 76.9 cm³/mol. The van der Waals surface area contributed by atoms with Gasteiger partial charge in [-0.2, -0.15) is 0 Å². The van der Waals surface area contributed by atoms with Crippen LogP contribution in [0.25, 0.3) is 0 Å². The van der Waals surface area contributed by atoms with Crippen LogP contribution < -0.4 is 10.6 Å². The van der Waals surface area contributed by atoms with Crippen LogP contribution in [0.3, 0.4) is 0 Å². The summed E-state index contributed by atoms with van der Waals surface area (Å²) in [6.07, 6.45) is 3.87. The minimum absolute atomic E-state index is 0.882. The van der Waals surface area contributed by atoms with Crippen molar-refractivity contribution in [3.8, 4) is 0 Å². The maximum atomic E-state index is 5.62. The van der Waals surface area contributed by atoms with Crippen LogP contribution in [-0.2, 0) is 24.4 Å². The lowest BCUT2D eigenvalue weighted by Crippen LogP contribution is -2.16. The van der Waals surface area contributed by atoms with Crippen LogP contribution >= 0.6 is 0 Å². The molecule has 1 aromatic rings. The third kappa shape index (κ3) is 4.03. The molecule has 104 valence electrons. The van der Waals surface area contributed by atoms with E-state index in [1.54, 1.807) is 0 Å². The lowest BCUT2D eigenvalue weighted by Gasteiger charge is -2.07. The molecule has 1 aromatic carbocycles. The molecule has 2 N–H and O–H groups in total. The molecule has 1 heterocycles. The lowest BCUT2D eigenvalue weighted by molar-refractivity contribution is 0.122. The molecule has 19 heavy (non-hydrogen) atoms. The second kappa shape index (κ2) is 6.51. The van der Waals surface area contributed by atoms with E-state index < -0.39 is 0 Å². The summed E-state index contributed by atoms with van der Waals surface area (Å²) in [7, 11) is 0. The Morgan fingerprint density at radius 3 is 3.00 bits per heavy atom. The first kappa shape index (κ1) is 13.1. The molecule has 0 bridgehead atoms. The van der Waals surface area contributed by atoms with E-state index in [0.717, 1.165) is 51.7 Å². The molecule has 2 aliphatic rings.